The van der Waals surface area contributed by atoms with E-state index in [4.69, 9.17) is 4.74 Å². The highest BCUT2D eigenvalue weighted by Crippen LogP contribution is 2.13. The Morgan fingerprint density at radius 2 is 2.47 bits per heavy atom. The summed E-state index contributed by atoms with van der Waals surface area (Å²) in [5.74, 6) is 0.165. The van der Waals surface area contributed by atoms with Crippen molar-refractivity contribution in [3.8, 4) is 0 Å². The fourth-order valence-electron chi connectivity index (χ4n) is 2.28. The topological polar surface area (TPSA) is 34.5 Å². The van der Waals surface area contributed by atoms with E-state index in [1.54, 1.807) is 0 Å². The fraction of sp³-hybridized carbons (Fsp3) is 0.615. The van der Waals surface area contributed by atoms with E-state index in [2.05, 4.69) is 0 Å². The summed E-state index contributed by atoms with van der Waals surface area (Å²) in [6.07, 6.45) is 4.46. The zero-order valence-electron chi connectivity index (χ0n) is 10.6. The lowest BCUT2D eigenvalue weighted by atomic mass is 10.2. The van der Waals surface area contributed by atoms with Crippen molar-refractivity contribution in [3.63, 3.8) is 0 Å². The highest BCUT2D eigenvalue weighted by molar-refractivity contribution is 5.96. The number of carbonyl (C=O) groups is 1. The van der Waals surface area contributed by atoms with Crippen molar-refractivity contribution in [2.75, 3.05) is 26.7 Å². The van der Waals surface area contributed by atoms with Crippen molar-refractivity contribution >= 4 is 5.78 Å². The summed E-state index contributed by atoms with van der Waals surface area (Å²) in [5, 5.41) is 0. The minimum Gasteiger partial charge on any atom is -0.377 e. The number of carbonyl (C=O) groups excluding carboxylic acids is 1. The number of Topliss-reactive ketones (excluding diaryl/α,β-unsaturated/α-hetero) is 1. The van der Waals surface area contributed by atoms with Crippen molar-refractivity contribution < 1.29 is 9.53 Å². The Morgan fingerprint density at radius 1 is 1.65 bits per heavy atom. The lowest BCUT2D eigenvalue weighted by Gasteiger charge is -2.19. The van der Waals surface area contributed by atoms with Gasteiger partial charge in [0.15, 0.2) is 5.78 Å². The number of aryl methyl sites for hydroxylation is 1. The van der Waals surface area contributed by atoms with Gasteiger partial charge >= 0.3 is 0 Å². The largest absolute Gasteiger partial charge is 0.377 e. The summed E-state index contributed by atoms with van der Waals surface area (Å²) in [6.45, 7) is 2.16. The summed E-state index contributed by atoms with van der Waals surface area (Å²) in [6, 6.07) is 3.76. The van der Waals surface area contributed by atoms with Crippen LogP contribution in [0.1, 0.15) is 23.3 Å². The number of hydrogen-bond donors (Lipinski definition) is 0. The lowest BCUT2D eigenvalue weighted by Crippen LogP contribution is -2.33. The van der Waals surface area contributed by atoms with Gasteiger partial charge in [-0.2, -0.15) is 0 Å². The third kappa shape index (κ3) is 3.17. The van der Waals surface area contributed by atoms with E-state index in [9.17, 15) is 4.79 Å². The number of ether oxygens (including phenoxy) is 1. The third-order valence-electron chi connectivity index (χ3n) is 3.18. The van der Waals surface area contributed by atoms with Gasteiger partial charge in [-0.25, -0.2) is 0 Å². The Morgan fingerprint density at radius 3 is 3.06 bits per heavy atom. The summed E-state index contributed by atoms with van der Waals surface area (Å²) in [7, 11) is 3.87. The van der Waals surface area contributed by atoms with Gasteiger partial charge in [0.2, 0.25) is 0 Å². The molecule has 1 aliphatic heterocycles. The zero-order valence-corrected chi connectivity index (χ0v) is 10.6. The average Bonchev–Trinajstić information content (AvgIpc) is 2.88. The summed E-state index contributed by atoms with van der Waals surface area (Å²) >= 11 is 0. The first kappa shape index (κ1) is 12.3. The first-order valence-electron chi connectivity index (χ1n) is 6.11. The molecule has 0 N–H and O–H groups in total. The number of nitrogens with zero attached hydrogens (tertiary/aromatic N) is 2. The van der Waals surface area contributed by atoms with Crippen LogP contribution in [0.25, 0.3) is 0 Å². The van der Waals surface area contributed by atoms with Crippen molar-refractivity contribution in [1.29, 1.82) is 0 Å². The molecule has 0 spiro atoms. The maximum atomic E-state index is 12.0. The van der Waals surface area contributed by atoms with E-state index < -0.39 is 0 Å². The van der Waals surface area contributed by atoms with Crippen molar-refractivity contribution in [1.82, 2.24) is 9.47 Å². The monoisotopic (exact) mass is 236 g/mol. The molecular formula is C13H20N2O2. The Hall–Kier alpha value is -1.13. The number of hydrogen-bond acceptors (Lipinski definition) is 3. The molecule has 1 unspecified atom stereocenters. The van der Waals surface area contributed by atoms with Gasteiger partial charge in [-0.3, -0.25) is 9.69 Å². The van der Waals surface area contributed by atoms with E-state index in [-0.39, 0.29) is 5.78 Å². The van der Waals surface area contributed by atoms with Crippen LogP contribution in [-0.2, 0) is 11.8 Å². The Balaban J connectivity index is 1.83. The molecule has 0 aliphatic carbocycles. The summed E-state index contributed by atoms with van der Waals surface area (Å²) in [4.78, 5) is 14.1. The number of rotatable bonds is 5. The number of ketones is 1. The molecule has 0 saturated carbocycles. The first-order chi connectivity index (χ1) is 8.16. The predicted molar refractivity (Wildman–Crippen MR) is 66.2 cm³/mol. The van der Waals surface area contributed by atoms with Crippen molar-refractivity contribution in [2.45, 2.75) is 18.9 Å². The van der Waals surface area contributed by atoms with Gasteiger partial charge in [0.1, 0.15) is 0 Å². The van der Waals surface area contributed by atoms with Crippen LogP contribution in [0, 0.1) is 0 Å². The average molecular weight is 236 g/mol. The molecule has 1 saturated heterocycles. The van der Waals surface area contributed by atoms with E-state index in [0.717, 1.165) is 31.7 Å². The maximum absolute atomic E-state index is 12.0. The number of likely N-dealkylation sites (N-methyl/N-ethyl adjacent to an activating group) is 1. The van der Waals surface area contributed by atoms with Gasteiger partial charge in [-0.1, -0.05) is 0 Å². The second-order valence-corrected chi connectivity index (χ2v) is 4.76. The SMILES string of the molecule is CN(CC(=O)c1cccn1C)CC1CCCO1. The van der Waals surface area contributed by atoms with Crippen LogP contribution >= 0.6 is 0 Å². The smallest absolute Gasteiger partial charge is 0.193 e. The van der Waals surface area contributed by atoms with Gasteiger partial charge in [-0.05, 0) is 32.0 Å². The highest BCUT2D eigenvalue weighted by atomic mass is 16.5. The molecule has 1 aromatic heterocycles. The predicted octanol–water partition coefficient (Wildman–Crippen LogP) is 1.32. The maximum Gasteiger partial charge on any atom is 0.193 e. The van der Waals surface area contributed by atoms with E-state index in [0.29, 0.717) is 12.6 Å². The quantitative estimate of drug-likeness (QED) is 0.723. The van der Waals surface area contributed by atoms with Crippen LogP contribution in [0.5, 0.6) is 0 Å². The van der Waals surface area contributed by atoms with Crippen molar-refractivity contribution in [3.05, 3.63) is 24.0 Å². The molecule has 1 fully saturated rings. The van der Waals surface area contributed by atoms with Gasteiger partial charge in [0, 0.05) is 26.4 Å². The second kappa shape index (κ2) is 5.47. The minimum absolute atomic E-state index is 0.165. The van der Waals surface area contributed by atoms with Gasteiger partial charge in [0.05, 0.1) is 18.3 Å². The molecule has 0 radical (unpaired) electrons. The highest BCUT2D eigenvalue weighted by Gasteiger charge is 2.19. The molecule has 4 nitrogen and oxygen atoms in total. The van der Waals surface area contributed by atoms with Crippen LogP contribution in [0.4, 0.5) is 0 Å². The molecule has 1 aliphatic rings. The number of aromatic nitrogens is 1. The molecule has 0 amide bonds. The Bertz CT molecular complexity index is 381. The molecule has 94 valence electrons. The summed E-state index contributed by atoms with van der Waals surface area (Å²) in [5.41, 5.74) is 0.768. The molecule has 2 rings (SSSR count). The van der Waals surface area contributed by atoms with Gasteiger partial charge in [-0.15, -0.1) is 0 Å². The zero-order chi connectivity index (χ0) is 12.3. The van der Waals surface area contributed by atoms with Crippen molar-refractivity contribution in [2.24, 2.45) is 7.05 Å². The van der Waals surface area contributed by atoms with E-state index >= 15 is 0 Å². The second-order valence-electron chi connectivity index (χ2n) is 4.76. The summed E-state index contributed by atoms with van der Waals surface area (Å²) < 4.78 is 7.42. The van der Waals surface area contributed by atoms with Crippen LogP contribution in [0.2, 0.25) is 0 Å². The Kier molecular flexibility index (Phi) is 3.97. The molecule has 1 aromatic rings. The van der Waals surface area contributed by atoms with Crippen LogP contribution in [0.15, 0.2) is 18.3 Å². The Labute approximate surface area is 102 Å². The molecule has 17 heavy (non-hydrogen) atoms. The van der Waals surface area contributed by atoms with Crippen LogP contribution < -0.4 is 0 Å². The molecular weight excluding hydrogens is 216 g/mol. The molecule has 1 atom stereocenters. The lowest BCUT2D eigenvalue weighted by molar-refractivity contribution is 0.0737. The van der Waals surface area contributed by atoms with E-state index in [1.165, 1.54) is 0 Å². The minimum atomic E-state index is 0.165. The molecule has 2 heterocycles. The standard InChI is InChI=1S/C13H20N2O2/c1-14(9-11-5-4-8-17-11)10-13(16)12-6-3-7-15(12)2/h3,6-7,11H,4-5,8-10H2,1-2H3. The van der Waals surface area contributed by atoms with Crippen LogP contribution in [0.3, 0.4) is 0 Å². The normalized spacial score (nSPS) is 20.1. The fourth-order valence-corrected chi connectivity index (χ4v) is 2.28. The van der Waals surface area contributed by atoms with Crippen LogP contribution in [-0.4, -0.2) is 48.1 Å². The van der Waals surface area contributed by atoms with E-state index in [1.807, 2.05) is 41.9 Å². The first-order valence-corrected chi connectivity index (χ1v) is 6.11. The van der Waals surface area contributed by atoms with Gasteiger partial charge in [0.25, 0.3) is 0 Å². The molecule has 0 aromatic carbocycles. The van der Waals surface area contributed by atoms with Gasteiger partial charge < -0.3 is 9.30 Å². The molecule has 4 heteroatoms. The molecule has 0 bridgehead atoms. The third-order valence-corrected chi connectivity index (χ3v) is 3.18.